The Kier molecular flexibility index (Phi) is 4.28. The van der Waals surface area contributed by atoms with Gasteiger partial charge in [-0.15, -0.1) is 0 Å². The number of aromatic nitrogens is 2. The molecule has 1 aliphatic heterocycles. The molecule has 1 saturated heterocycles. The van der Waals surface area contributed by atoms with Gasteiger partial charge in [-0.05, 0) is 26.4 Å². The first-order valence-electron chi connectivity index (χ1n) is 6.09. The number of hydrogen-bond donors (Lipinski definition) is 1. The third kappa shape index (κ3) is 3.38. The number of hydrogen-bond acceptors (Lipinski definition) is 5. The molecule has 0 saturated carbocycles. The first-order chi connectivity index (χ1) is 8.29. The summed E-state index contributed by atoms with van der Waals surface area (Å²) < 4.78 is 5.31. The van der Waals surface area contributed by atoms with E-state index in [1.807, 2.05) is 13.1 Å². The minimum atomic E-state index is 0.703. The van der Waals surface area contributed by atoms with Crippen LogP contribution < -0.4 is 10.1 Å². The van der Waals surface area contributed by atoms with Gasteiger partial charge in [-0.1, -0.05) is 0 Å². The largest absolute Gasteiger partial charge is 0.481 e. The Morgan fingerprint density at radius 3 is 3.12 bits per heavy atom. The van der Waals surface area contributed by atoms with Gasteiger partial charge in [-0.3, -0.25) is 4.90 Å². The van der Waals surface area contributed by atoms with Crippen LogP contribution in [0.15, 0.2) is 6.20 Å². The number of aryl methyl sites for hydroxylation is 1. The van der Waals surface area contributed by atoms with Gasteiger partial charge in [0.25, 0.3) is 0 Å². The molecule has 0 radical (unpaired) electrons. The lowest BCUT2D eigenvalue weighted by atomic mass is 10.2. The highest BCUT2D eigenvalue weighted by atomic mass is 16.5. The fraction of sp³-hybridized carbons (Fsp3) is 0.667. The van der Waals surface area contributed by atoms with Crippen LogP contribution in [0.1, 0.15) is 17.8 Å². The van der Waals surface area contributed by atoms with Crippen LogP contribution >= 0.6 is 0 Å². The number of nitrogens with zero attached hydrogens (tertiary/aromatic N) is 3. The van der Waals surface area contributed by atoms with Crippen LogP contribution in [-0.2, 0) is 6.54 Å². The highest BCUT2D eigenvalue weighted by molar-refractivity contribution is 5.23. The molecule has 0 atom stereocenters. The van der Waals surface area contributed by atoms with Crippen molar-refractivity contribution < 1.29 is 4.74 Å². The summed E-state index contributed by atoms with van der Waals surface area (Å²) in [5.74, 6) is 1.46. The average Bonchev–Trinajstić information content (AvgIpc) is 2.60. The Morgan fingerprint density at radius 1 is 1.41 bits per heavy atom. The molecule has 1 N–H and O–H groups in total. The smallest absolute Gasteiger partial charge is 0.220 e. The highest BCUT2D eigenvalue weighted by Gasteiger charge is 2.13. The number of nitrogens with one attached hydrogen (secondary N) is 1. The van der Waals surface area contributed by atoms with E-state index in [1.54, 1.807) is 7.11 Å². The number of rotatable bonds is 3. The lowest BCUT2D eigenvalue weighted by Crippen LogP contribution is -2.28. The SMILES string of the molecule is COc1nc(C)ncc1CN1CCCNCC1. The zero-order chi connectivity index (χ0) is 12.1. The summed E-state index contributed by atoms with van der Waals surface area (Å²) in [4.78, 5) is 11.0. The van der Waals surface area contributed by atoms with Crippen molar-refractivity contribution >= 4 is 0 Å². The Labute approximate surface area is 102 Å². The van der Waals surface area contributed by atoms with E-state index in [0.29, 0.717) is 5.88 Å². The second-order valence-electron chi connectivity index (χ2n) is 4.33. The van der Waals surface area contributed by atoms with Crippen LogP contribution in [0.4, 0.5) is 0 Å². The normalized spacial score (nSPS) is 17.8. The quantitative estimate of drug-likeness (QED) is 0.832. The van der Waals surface area contributed by atoms with Crippen molar-refractivity contribution in [2.24, 2.45) is 0 Å². The maximum atomic E-state index is 5.31. The Hall–Kier alpha value is -1.20. The maximum Gasteiger partial charge on any atom is 0.220 e. The van der Waals surface area contributed by atoms with Crippen LogP contribution in [0.5, 0.6) is 5.88 Å². The summed E-state index contributed by atoms with van der Waals surface area (Å²) in [6.45, 7) is 7.08. The molecular weight excluding hydrogens is 216 g/mol. The lowest BCUT2D eigenvalue weighted by molar-refractivity contribution is 0.276. The van der Waals surface area contributed by atoms with Crippen LogP contribution in [0.25, 0.3) is 0 Å². The second kappa shape index (κ2) is 5.93. The fourth-order valence-electron chi connectivity index (χ4n) is 2.06. The molecule has 1 aliphatic rings. The Balaban J connectivity index is 2.06. The van der Waals surface area contributed by atoms with Crippen LogP contribution in [-0.4, -0.2) is 48.2 Å². The van der Waals surface area contributed by atoms with Crippen molar-refractivity contribution in [3.8, 4) is 5.88 Å². The van der Waals surface area contributed by atoms with Crippen LogP contribution in [0.2, 0.25) is 0 Å². The zero-order valence-corrected chi connectivity index (χ0v) is 10.6. The summed E-state index contributed by atoms with van der Waals surface area (Å²) in [5, 5.41) is 3.40. The predicted molar refractivity (Wildman–Crippen MR) is 66.1 cm³/mol. The molecule has 5 nitrogen and oxygen atoms in total. The lowest BCUT2D eigenvalue weighted by Gasteiger charge is -2.20. The minimum absolute atomic E-state index is 0.703. The van der Waals surface area contributed by atoms with Gasteiger partial charge in [0.2, 0.25) is 5.88 Å². The molecule has 0 aromatic carbocycles. The third-order valence-corrected chi connectivity index (χ3v) is 2.97. The summed E-state index contributed by atoms with van der Waals surface area (Å²) >= 11 is 0. The van der Waals surface area contributed by atoms with E-state index in [9.17, 15) is 0 Å². The molecule has 0 bridgehead atoms. The number of ether oxygens (including phenoxy) is 1. The predicted octanol–water partition coefficient (Wildman–Crippen LogP) is 0.589. The summed E-state index contributed by atoms with van der Waals surface area (Å²) in [5.41, 5.74) is 1.07. The fourth-order valence-corrected chi connectivity index (χ4v) is 2.06. The van der Waals surface area contributed by atoms with Crippen LogP contribution in [0.3, 0.4) is 0 Å². The van der Waals surface area contributed by atoms with E-state index in [4.69, 9.17) is 4.74 Å². The van der Waals surface area contributed by atoms with Gasteiger partial charge in [-0.2, -0.15) is 4.98 Å². The molecule has 0 amide bonds. The molecular formula is C12H20N4O. The molecule has 2 heterocycles. The minimum Gasteiger partial charge on any atom is -0.481 e. The molecule has 17 heavy (non-hydrogen) atoms. The standard InChI is InChI=1S/C12H20N4O/c1-10-14-8-11(12(15-10)17-2)9-16-6-3-4-13-5-7-16/h8,13H,3-7,9H2,1-2H3. The Morgan fingerprint density at radius 2 is 2.29 bits per heavy atom. The van der Waals surface area contributed by atoms with Gasteiger partial charge in [-0.25, -0.2) is 4.98 Å². The van der Waals surface area contributed by atoms with Crippen molar-refractivity contribution in [1.29, 1.82) is 0 Å². The van der Waals surface area contributed by atoms with Gasteiger partial charge >= 0.3 is 0 Å². The van der Waals surface area contributed by atoms with Gasteiger partial charge < -0.3 is 10.1 Å². The maximum absolute atomic E-state index is 5.31. The summed E-state index contributed by atoms with van der Waals surface area (Å²) in [6, 6.07) is 0. The van der Waals surface area contributed by atoms with Crippen molar-refractivity contribution in [3.63, 3.8) is 0 Å². The van der Waals surface area contributed by atoms with Crippen LogP contribution in [0, 0.1) is 6.92 Å². The van der Waals surface area contributed by atoms with Gasteiger partial charge in [0.05, 0.1) is 7.11 Å². The number of methoxy groups -OCH3 is 1. The van der Waals surface area contributed by atoms with Crippen molar-refractivity contribution in [3.05, 3.63) is 17.6 Å². The molecule has 1 aromatic heterocycles. The van der Waals surface area contributed by atoms with Crippen molar-refractivity contribution in [1.82, 2.24) is 20.2 Å². The Bertz CT molecular complexity index is 362. The third-order valence-electron chi connectivity index (χ3n) is 2.97. The molecule has 2 rings (SSSR count). The highest BCUT2D eigenvalue weighted by Crippen LogP contribution is 2.16. The van der Waals surface area contributed by atoms with E-state index in [2.05, 4.69) is 20.2 Å². The summed E-state index contributed by atoms with van der Waals surface area (Å²) in [6.07, 6.45) is 3.06. The average molecular weight is 236 g/mol. The van der Waals surface area contributed by atoms with Crippen molar-refractivity contribution in [2.75, 3.05) is 33.3 Å². The van der Waals surface area contributed by atoms with E-state index in [0.717, 1.165) is 44.1 Å². The molecule has 0 unspecified atom stereocenters. The summed E-state index contributed by atoms with van der Waals surface area (Å²) in [7, 11) is 1.66. The molecule has 94 valence electrons. The van der Waals surface area contributed by atoms with Gasteiger partial charge in [0.15, 0.2) is 0 Å². The zero-order valence-electron chi connectivity index (χ0n) is 10.6. The van der Waals surface area contributed by atoms with E-state index in [-0.39, 0.29) is 0 Å². The molecule has 0 aliphatic carbocycles. The monoisotopic (exact) mass is 236 g/mol. The van der Waals surface area contributed by atoms with E-state index < -0.39 is 0 Å². The first-order valence-corrected chi connectivity index (χ1v) is 6.09. The topological polar surface area (TPSA) is 50.3 Å². The van der Waals surface area contributed by atoms with Crippen molar-refractivity contribution in [2.45, 2.75) is 19.9 Å². The van der Waals surface area contributed by atoms with Gasteiger partial charge in [0, 0.05) is 31.4 Å². The first kappa shape index (κ1) is 12.3. The molecule has 1 fully saturated rings. The van der Waals surface area contributed by atoms with E-state index in [1.165, 1.54) is 6.42 Å². The molecule has 5 heteroatoms. The van der Waals surface area contributed by atoms with E-state index >= 15 is 0 Å². The second-order valence-corrected chi connectivity index (χ2v) is 4.33. The van der Waals surface area contributed by atoms with Gasteiger partial charge in [0.1, 0.15) is 5.82 Å². The molecule has 0 spiro atoms. The molecule has 1 aromatic rings.